The normalized spacial score (nSPS) is 17.8. The number of hydrogen-bond acceptors (Lipinski definition) is 5. The van der Waals surface area contributed by atoms with Gasteiger partial charge in [0.15, 0.2) is 0 Å². The number of methoxy groups -OCH3 is 1. The molecule has 1 aliphatic rings. The third kappa shape index (κ3) is 1.79. The van der Waals surface area contributed by atoms with E-state index in [0.717, 1.165) is 28.8 Å². The first kappa shape index (κ1) is 11.9. The molecular formula is C13H12O3S2. The molecule has 1 atom stereocenters. The summed E-state index contributed by atoms with van der Waals surface area (Å²) in [7, 11) is 1.38. The summed E-state index contributed by atoms with van der Waals surface area (Å²) >= 11 is 3.11. The van der Waals surface area contributed by atoms with Gasteiger partial charge in [0.1, 0.15) is 11.0 Å². The Morgan fingerprint density at radius 3 is 2.94 bits per heavy atom. The van der Waals surface area contributed by atoms with Crippen molar-refractivity contribution >= 4 is 28.6 Å². The number of esters is 1. The van der Waals surface area contributed by atoms with Crippen molar-refractivity contribution in [2.45, 2.75) is 18.9 Å². The van der Waals surface area contributed by atoms with Crippen LogP contribution in [0.5, 0.6) is 0 Å². The zero-order valence-corrected chi connectivity index (χ0v) is 11.4. The van der Waals surface area contributed by atoms with E-state index in [0.29, 0.717) is 4.88 Å². The molecule has 18 heavy (non-hydrogen) atoms. The molecule has 0 saturated carbocycles. The van der Waals surface area contributed by atoms with E-state index in [1.807, 2.05) is 11.4 Å². The number of carbonyl (C=O) groups excluding carboxylic acids is 1. The summed E-state index contributed by atoms with van der Waals surface area (Å²) in [4.78, 5) is 14.4. The van der Waals surface area contributed by atoms with Crippen LogP contribution < -0.4 is 0 Å². The van der Waals surface area contributed by atoms with Gasteiger partial charge in [0.25, 0.3) is 0 Å². The fourth-order valence-electron chi connectivity index (χ4n) is 2.26. The zero-order chi connectivity index (χ0) is 12.7. The number of aliphatic hydroxyl groups excluding tert-OH is 1. The summed E-state index contributed by atoms with van der Waals surface area (Å²) in [5.74, 6) is -0.328. The van der Waals surface area contributed by atoms with Crippen LogP contribution in [-0.4, -0.2) is 18.2 Å². The highest BCUT2D eigenvalue weighted by molar-refractivity contribution is 7.14. The Kier molecular flexibility index (Phi) is 2.97. The lowest BCUT2D eigenvalue weighted by Gasteiger charge is -2.07. The number of carbonyl (C=O) groups is 1. The molecule has 1 aliphatic carbocycles. The van der Waals surface area contributed by atoms with E-state index in [1.165, 1.54) is 23.3 Å². The molecule has 0 spiro atoms. The molecule has 1 N–H and O–H groups in total. The van der Waals surface area contributed by atoms with Crippen molar-refractivity contribution in [1.29, 1.82) is 0 Å². The number of aryl methyl sites for hydroxylation is 2. The number of thiophene rings is 2. The van der Waals surface area contributed by atoms with Crippen molar-refractivity contribution in [2.75, 3.05) is 7.11 Å². The Hall–Kier alpha value is -1.17. The molecule has 1 unspecified atom stereocenters. The number of ether oxygens (including phenoxy) is 1. The van der Waals surface area contributed by atoms with Crippen LogP contribution in [-0.2, 0) is 17.6 Å². The lowest BCUT2D eigenvalue weighted by atomic mass is 10.1. The van der Waals surface area contributed by atoms with Gasteiger partial charge in [-0.25, -0.2) is 4.79 Å². The molecule has 0 aliphatic heterocycles. The van der Waals surface area contributed by atoms with Crippen LogP contribution >= 0.6 is 22.7 Å². The first-order valence-corrected chi connectivity index (χ1v) is 7.35. The standard InChI is InChI=1S/C13H12O3S2/c1-16-13(15)11-6-8-10(18-11)3-2-9-7(12(8)14)4-5-17-9/h4-6,12,14H,2-3H2,1H3. The molecular weight excluding hydrogens is 268 g/mol. The first-order valence-electron chi connectivity index (χ1n) is 5.66. The van der Waals surface area contributed by atoms with Gasteiger partial charge in [0, 0.05) is 9.75 Å². The van der Waals surface area contributed by atoms with E-state index in [1.54, 1.807) is 17.4 Å². The first-order chi connectivity index (χ1) is 8.70. The van der Waals surface area contributed by atoms with Crippen LogP contribution in [0.15, 0.2) is 17.5 Å². The Balaban J connectivity index is 2.06. The summed E-state index contributed by atoms with van der Waals surface area (Å²) in [6.07, 6.45) is 1.19. The van der Waals surface area contributed by atoms with Crippen LogP contribution in [0.4, 0.5) is 0 Å². The molecule has 0 radical (unpaired) electrons. The second-order valence-electron chi connectivity index (χ2n) is 4.18. The van der Waals surface area contributed by atoms with Crippen molar-refractivity contribution in [3.8, 4) is 0 Å². The predicted molar refractivity (Wildman–Crippen MR) is 71.4 cm³/mol. The van der Waals surface area contributed by atoms with Crippen LogP contribution in [0.3, 0.4) is 0 Å². The Morgan fingerprint density at radius 1 is 1.39 bits per heavy atom. The van der Waals surface area contributed by atoms with E-state index in [-0.39, 0.29) is 5.97 Å². The van der Waals surface area contributed by atoms with Gasteiger partial charge in [-0.15, -0.1) is 22.7 Å². The van der Waals surface area contributed by atoms with Crippen molar-refractivity contribution in [3.05, 3.63) is 43.3 Å². The van der Waals surface area contributed by atoms with Crippen molar-refractivity contribution < 1.29 is 14.6 Å². The minimum atomic E-state index is -0.613. The second-order valence-corrected chi connectivity index (χ2v) is 6.32. The van der Waals surface area contributed by atoms with E-state index in [2.05, 4.69) is 0 Å². The molecule has 0 fully saturated rings. The highest BCUT2D eigenvalue weighted by Gasteiger charge is 2.26. The van der Waals surface area contributed by atoms with Gasteiger partial charge in [-0.1, -0.05) is 0 Å². The second kappa shape index (κ2) is 4.50. The van der Waals surface area contributed by atoms with Crippen LogP contribution in [0.2, 0.25) is 0 Å². The van der Waals surface area contributed by atoms with Gasteiger partial charge in [0.05, 0.1) is 7.11 Å². The van der Waals surface area contributed by atoms with Gasteiger partial charge in [-0.05, 0) is 41.5 Å². The molecule has 0 bridgehead atoms. The van der Waals surface area contributed by atoms with Gasteiger partial charge < -0.3 is 9.84 Å². The molecule has 3 rings (SSSR count). The van der Waals surface area contributed by atoms with E-state index >= 15 is 0 Å². The summed E-state index contributed by atoms with van der Waals surface area (Å²) in [6, 6.07) is 3.73. The Morgan fingerprint density at radius 2 is 2.17 bits per heavy atom. The Labute approximate surface area is 113 Å². The molecule has 0 saturated heterocycles. The molecule has 3 nitrogen and oxygen atoms in total. The average molecular weight is 280 g/mol. The maximum Gasteiger partial charge on any atom is 0.348 e. The minimum absolute atomic E-state index is 0.328. The van der Waals surface area contributed by atoms with Crippen LogP contribution in [0, 0.1) is 0 Å². The molecule has 2 heterocycles. The summed E-state index contributed by atoms with van der Waals surface area (Å²) in [5, 5.41) is 12.4. The highest BCUT2D eigenvalue weighted by Crippen LogP contribution is 2.38. The smallest absolute Gasteiger partial charge is 0.348 e. The number of fused-ring (bicyclic) bond motifs is 2. The number of aliphatic hydroxyl groups is 1. The van der Waals surface area contributed by atoms with Crippen LogP contribution in [0.1, 0.15) is 36.7 Å². The van der Waals surface area contributed by atoms with E-state index in [4.69, 9.17) is 4.74 Å². The monoisotopic (exact) mass is 280 g/mol. The fraction of sp³-hybridized carbons (Fsp3) is 0.308. The summed E-state index contributed by atoms with van der Waals surface area (Å²) in [6.45, 7) is 0. The largest absolute Gasteiger partial charge is 0.465 e. The molecule has 2 aromatic heterocycles. The fourth-order valence-corrected chi connectivity index (χ4v) is 4.29. The summed E-state index contributed by atoms with van der Waals surface area (Å²) in [5.41, 5.74) is 1.84. The topological polar surface area (TPSA) is 46.5 Å². The van der Waals surface area contributed by atoms with Gasteiger partial charge >= 0.3 is 5.97 Å². The maximum atomic E-state index is 11.5. The summed E-state index contributed by atoms with van der Waals surface area (Å²) < 4.78 is 4.73. The third-order valence-corrected chi connectivity index (χ3v) is 5.36. The van der Waals surface area contributed by atoms with E-state index < -0.39 is 6.10 Å². The average Bonchev–Trinajstić information content (AvgIpc) is 2.99. The predicted octanol–water partition coefficient (Wildman–Crippen LogP) is 2.78. The molecule has 5 heteroatoms. The van der Waals surface area contributed by atoms with Crippen LogP contribution in [0.25, 0.3) is 0 Å². The number of hydrogen-bond donors (Lipinski definition) is 1. The molecule has 0 amide bonds. The van der Waals surface area contributed by atoms with Crippen molar-refractivity contribution in [3.63, 3.8) is 0 Å². The lowest BCUT2D eigenvalue weighted by Crippen LogP contribution is -2.00. The van der Waals surface area contributed by atoms with Gasteiger partial charge in [0.2, 0.25) is 0 Å². The lowest BCUT2D eigenvalue weighted by molar-refractivity contribution is 0.0606. The van der Waals surface area contributed by atoms with Crippen molar-refractivity contribution in [1.82, 2.24) is 0 Å². The Bertz CT molecular complexity index is 597. The maximum absolute atomic E-state index is 11.5. The highest BCUT2D eigenvalue weighted by atomic mass is 32.1. The molecule has 94 valence electrons. The third-order valence-electron chi connectivity index (χ3n) is 3.18. The molecule has 2 aromatic rings. The molecule has 0 aromatic carbocycles. The van der Waals surface area contributed by atoms with Crippen molar-refractivity contribution in [2.24, 2.45) is 0 Å². The minimum Gasteiger partial charge on any atom is -0.465 e. The van der Waals surface area contributed by atoms with Gasteiger partial charge in [-0.3, -0.25) is 0 Å². The van der Waals surface area contributed by atoms with E-state index in [9.17, 15) is 9.90 Å². The quantitative estimate of drug-likeness (QED) is 0.817. The SMILES string of the molecule is COC(=O)c1cc2c(s1)CCc1sccc1C2O. The number of rotatable bonds is 1. The van der Waals surface area contributed by atoms with Gasteiger partial charge in [-0.2, -0.15) is 0 Å². The zero-order valence-electron chi connectivity index (χ0n) is 9.80.